The second-order valence-electron chi connectivity index (χ2n) is 3.20. The van der Waals surface area contributed by atoms with Gasteiger partial charge in [-0.3, -0.25) is 0 Å². The molecule has 2 nitrogen and oxygen atoms in total. The van der Waals surface area contributed by atoms with Crippen LogP contribution in [0.1, 0.15) is 11.1 Å². The highest BCUT2D eigenvalue weighted by Crippen LogP contribution is 2.35. The van der Waals surface area contributed by atoms with Crippen LogP contribution in [0.4, 0.5) is 0 Å². The van der Waals surface area contributed by atoms with Gasteiger partial charge in [0, 0.05) is 5.56 Å². The lowest BCUT2D eigenvalue weighted by molar-refractivity contribution is 0.477. The van der Waals surface area contributed by atoms with Crippen molar-refractivity contribution in [3.63, 3.8) is 0 Å². The summed E-state index contributed by atoms with van der Waals surface area (Å²) in [5.41, 5.74) is 1.88. The molecule has 1 N–H and O–H groups in total. The molecule has 0 aliphatic rings. The average molecular weight is 203 g/mol. The van der Waals surface area contributed by atoms with E-state index in [0.717, 1.165) is 10.1 Å². The van der Waals surface area contributed by atoms with Gasteiger partial charge < -0.3 is 5.11 Å². The molecule has 0 unspecified atom stereocenters. The van der Waals surface area contributed by atoms with E-state index in [4.69, 9.17) is 5.26 Å². The van der Waals surface area contributed by atoms with Crippen molar-refractivity contribution < 1.29 is 5.11 Å². The molecule has 1 aromatic carbocycles. The summed E-state index contributed by atoms with van der Waals surface area (Å²) >= 11 is 1.52. The van der Waals surface area contributed by atoms with Crippen LogP contribution in [-0.2, 0) is 6.42 Å². The Bertz CT molecular complexity index is 522. The molecule has 14 heavy (non-hydrogen) atoms. The van der Waals surface area contributed by atoms with Crippen molar-refractivity contribution in [2.45, 2.75) is 13.3 Å². The molecule has 0 fully saturated rings. The van der Waals surface area contributed by atoms with Crippen LogP contribution in [0.2, 0.25) is 0 Å². The Morgan fingerprint density at radius 1 is 1.50 bits per heavy atom. The Morgan fingerprint density at radius 3 is 3.00 bits per heavy atom. The highest BCUT2D eigenvalue weighted by Gasteiger charge is 2.08. The third-order valence-corrected chi connectivity index (χ3v) is 3.38. The van der Waals surface area contributed by atoms with Crippen LogP contribution in [0, 0.1) is 18.3 Å². The van der Waals surface area contributed by atoms with Gasteiger partial charge in [0.05, 0.1) is 17.2 Å². The van der Waals surface area contributed by atoms with E-state index >= 15 is 0 Å². The van der Waals surface area contributed by atoms with Gasteiger partial charge in [-0.05, 0) is 23.3 Å². The predicted molar refractivity (Wildman–Crippen MR) is 57.5 cm³/mol. The number of aromatic hydroxyl groups is 1. The van der Waals surface area contributed by atoms with Gasteiger partial charge in [-0.15, -0.1) is 11.3 Å². The van der Waals surface area contributed by atoms with Crippen LogP contribution < -0.4 is 0 Å². The molecule has 0 atom stereocenters. The van der Waals surface area contributed by atoms with Crippen molar-refractivity contribution in [3.05, 3.63) is 28.6 Å². The fourth-order valence-electron chi connectivity index (χ4n) is 1.48. The first kappa shape index (κ1) is 9.04. The topological polar surface area (TPSA) is 44.0 Å². The van der Waals surface area contributed by atoms with Gasteiger partial charge in [0.2, 0.25) is 0 Å². The largest absolute Gasteiger partial charge is 0.506 e. The van der Waals surface area contributed by atoms with E-state index in [9.17, 15) is 5.11 Å². The van der Waals surface area contributed by atoms with Crippen LogP contribution in [0.3, 0.4) is 0 Å². The number of nitriles is 1. The molecule has 70 valence electrons. The number of thiophene rings is 1. The monoisotopic (exact) mass is 203 g/mol. The van der Waals surface area contributed by atoms with E-state index in [0.29, 0.717) is 5.56 Å². The van der Waals surface area contributed by atoms with Crippen LogP contribution >= 0.6 is 11.3 Å². The van der Waals surface area contributed by atoms with Crippen molar-refractivity contribution >= 4 is 21.4 Å². The summed E-state index contributed by atoms with van der Waals surface area (Å²) in [7, 11) is 0. The Balaban J connectivity index is 2.71. The predicted octanol–water partition coefficient (Wildman–Crippen LogP) is 2.98. The molecular weight excluding hydrogens is 194 g/mol. The normalized spacial score (nSPS) is 10.3. The van der Waals surface area contributed by atoms with Crippen molar-refractivity contribution in [2.75, 3.05) is 0 Å². The number of benzene rings is 1. The average Bonchev–Trinajstić information content (AvgIpc) is 2.54. The first-order chi connectivity index (χ1) is 6.74. The van der Waals surface area contributed by atoms with Gasteiger partial charge in [-0.2, -0.15) is 5.26 Å². The van der Waals surface area contributed by atoms with E-state index in [2.05, 4.69) is 0 Å². The SMILES string of the molecule is Cc1csc2c(O)c(CC#N)ccc12. The molecule has 0 saturated heterocycles. The molecule has 0 aliphatic heterocycles. The molecule has 0 saturated carbocycles. The van der Waals surface area contributed by atoms with Gasteiger partial charge in [-0.1, -0.05) is 12.1 Å². The van der Waals surface area contributed by atoms with Gasteiger partial charge in [-0.25, -0.2) is 0 Å². The molecule has 0 radical (unpaired) electrons. The van der Waals surface area contributed by atoms with Gasteiger partial charge in [0.1, 0.15) is 5.75 Å². The number of aryl methyl sites for hydroxylation is 1. The number of hydrogen-bond acceptors (Lipinski definition) is 3. The van der Waals surface area contributed by atoms with Crippen LogP contribution in [-0.4, -0.2) is 5.11 Å². The lowest BCUT2D eigenvalue weighted by Crippen LogP contribution is -1.82. The van der Waals surface area contributed by atoms with Gasteiger partial charge >= 0.3 is 0 Å². The molecule has 2 rings (SSSR count). The summed E-state index contributed by atoms with van der Waals surface area (Å²) in [5.74, 6) is 0.266. The second kappa shape index (κ2) is 3.32. The second-order valence-corrected chi connectivity index (χ2v) is 4.08. The number of nitrogens with zero attached hydrogens (tertiary/aromatic N) is 1. The molecule has 1 heterocycles. The highest BCUT2D eigenvalue weighted by atomic mass is 32.1. The fourth-order valence-corrected chi connectivity index (χ4v) is 2.50. The number of hydrogen-bond donors (Lipinski definition) is 1. The van der Waals surface area contributed by atoms with E-state index in [1.165, 1.54) is 16.9 Å². The zero-order valence-corrected chi connectivity index (χ0v) is 8.56. The lowest BCUT2D eigenvalue weighted by atomic mass is 10.1. The quantitative estimate of drug-likeness (QED) is 0.774. The maximum Gasteiger partial charge on any atom is 0.137 e. The number of fused-ring (bicyclic) bond motifs is 1. The van der Waals surface area contributed by atoms with Crippen LogP contribution in [0.5, 0.6) is 5.75 Å². The Kier molecular flexibility index (Phi) is 2.14. The first-order valence-corrected chi connectivity index (χ1v) is 5.17. The lowest BCUT2D eigenvalue weighted by Gasteiger charge is -2.01. The van der Waals surface area contributed by atoms with Crippen LogP contribution in [0.25, 0.3) is 10.1 Å². The molecule has 2 aromatic rings. The van der Waals surface area contributed by atoms with E-state index < -0.39 is 0 Å². The standard InChI is InChI=1S/C11H9NOS/c1-7-6-14-11-9(7)3-2-8(4-5-12)10(11)13/h2-3,6,13H,4H2,1H3. The minimum atomic E-state index is 0.263. The van der Waals surface area contributed by atoms with E-state index in [1.54, 1.807) is 0 Å². The minimum absolute atomic E-state index is 0.263. The molecule has 0 spiro atoms. The van der Waals surface area contributed by atoms with Crippen molar-refractivity contribution in [2.24, 2.45) is 0 Å². The molecule has 0 bridgehead atoms. The Hall–Kier alpha value is -1.53. The number of phenolic OH excluding ortho intramolecular Hbond substituents is 1. The third kappa shape index (κ3) is 1.24. The third-order valence-electron chi connectivity index (χ3n) is 2.26. The summed E-state index contributed by atoms with van der Waals surface area (Å²) in [6, 6.07) is 5.83. The van der Waals surface area contributed by atoms with E-state index in [1.807, 2.05) is 30.5 Å². The molecule has 3 heteroatoms. The Labute approximate surface area is 86.0 Å². The molecule has 0 amide bonds. The Morgan fingerprint density at radius 2 is 2.29 bits per heavy atom. The van der Waals surface area contributed by atoms with Gasteiger partial charge in [0.25, 0.3) is 0 Å². The maximum atomic E-state index is 9.85. The minimum Gasteiger partial charge on any atom is -0.506 e. The van der Waals surface area contributed by atoms with Crippen molar-refractivity contribution in [3.8, 4) is 11.8 Å². The number of phenols is 1. The summed E-state index contributed by atoms with van der Waals surface area (Å²) in [4.78, 5) is 0. The highest BCUT2D eigenvalue weighted by molar-refractivity contribution is 7.17. The van der Waals surface area contributed by atoms with E-state index in [-0.39, 0.29) is 12.2 Å². The van der Waals surface area contributed by atoms with Crippen LogP contribution in [0.15, 0.2) is 17.5 Å². The maximum absolute atomic E-state index is 9.85. The summed E-state index contributed by atoms with van der Waals surface area (Å²) in [5, 5.41) is 21.5. The fraction of sp³-hybridized carbons (Fsp3) is 0.182. The zero-order valence-electron chi connectivity index (χ0n) is 7.74. The number of rotatable bonds is 1. The molecule has 0 aliphatic carbocycles. The smallest absolute Gasteiger partial charge is 0.137 e. The summed E-state index contributed by atoms with van der Waals surface area (Å²) < 4.78 is 0.884. The molecular formula is C11H9NOS. The molecule has 1 aromatic heterocycles. The zero-order chi connectivity index (χ0) is 10.1. The van der Waals surface area contributed by atoms with Crippen molar-refractivity contribution in [1.82, 2.24) is 0 Å². The van der Waals surface area contributed by atoms with Gasteiger partial charge in [0.15, 0.2) is 0 Å². The summed E-state index contributed by atoms with van der Waals surface area (Å²) in [6.07, 6.45) is 0.263. The first-order valence-electron chi connectivity index (χ1n) is 4.29. The van der Waals surface area contributed by atoms with Crippen molar-refractivity contribution in [1.29, 1.82) is 5.26 Å². The summed E-state index contributed by atoms with van der Waals surface area (Å²) in [6.45, 7) is 2.02.